The number of para-hydroxylation sites is 1. The van der Waals surface area contributed by atoms with Gasteiger partial charge in [-0.05, 0) is 44.0 Å². The Labute approximate surface area is 187 Å². The quantitative estimate of drug-likeness (QED) is 0.568. The predicted octanol–water partition coefficient (Wildman–Crippen LogP) is 3.30. The Balaban J connectivity index is 1.41. The van der Waals surface area contributed by atoms with E-state index in [4.69, 9.17) is 0 Å². The summed E-state index contributed by atoms with van der Waals surface area (Å²) in [5.41, 5.74) is 1.88. The molecule has 3 heterocycles. The molecule has 0 radical (unpaired) electrons. The fraction of sp³-hybridized carbons (Fsp3) is 0.364. The summed E-state index contributed by atoms with van der Waals surface area (Å²) in [6.07, 6.45) is 5.05. The number of sulfonamides is 1. The average molecular weight is 459 g/mol. The summed E-state index contributed by atoms with van der Waals surface area (Å²) in [5, 5.41) is 4.38. The highest BCUT2D eigenvalue weighted by atomic mass is 32.2. The molecule has 9 heteroatoms. The number of aromatic nitrogens is 2. The number of thiophene rings is 1. The second-order valence-electron chi connectivity index (χ2n) is 7.89. The highest BCUT2D eigenvalue weighted by Gasteiger charge is 2.35. The van der Waals surface area contributed by atoms with E-state index >= 15 is 0 Å². The molecule has 31 heavy (non-hydrogen) atoms. The van der Waals surface area contributed by atoms with Crippen LogP contribution in [0.2, 0.25) is 0 Å². The molecule has 1 aliphatic rings. The fourth-order valence-electron chi connectivity index (χ4n) is 3.87. The topological polar surface area (TPSA) is 75.5 Å². The third kappa shape index (κ3) is 4.73. The van der Waals surface area contributed by atoms with Crippen molar-refractivity contribution in [3.05, 3.63) is 65.3 Å². The molecule has 1 fully saturated rings. The van der Waals surface area contributed by atoms with Crippen LogP contribution in [0.1, 0.15) is 23.3 Å². The van der Waals surface area contributed by atoms with Crippen LogP contribution in [-0.4, -0.2) is 53.4 Å². The molecule has 0 saturated carbocycles. The molecule has 0 bridgehead atoms. The summed E-state index contributed by atoms with van der Waals surface area (Å²) in [4.78, 5) is 15.7. The van der Waals surface area contributed by atoms with Gasteiger partial charge in [0.25, 0.3) is 10.0 Å². The number of carbonyl (C=O) groups excluding carboxylic acids is 1. The van der Waals surface area contributed by atoms with Crippen LogP contribution in [0.25, 0.3) is 5.69 Å². The number of benzene rings is 1. The van der Waals surface area contributed by atoms with Crippen LogP contribution in [0.15, 0.2) is 59.1 Å². The minimum Gasteiger partial charge on any atom is -0.341 e. The van der Waals surface area contributed by atoms with Gasteiger partial charge in [-0.2, -0.15) is 9.40 Å². The van der Waals surface area contributed by atoms with Crippen LogP contribution >= 0.6 is 11.3 Å². The van der Waals surface area contributed by atoms with Crippen molar-refractivity contribution in [1.82, 2.24) is 19.0 Å². The van der Waals surface area contributed by atoms with E-state index in [0.717, 1.165) is 16.1 Å². The Kier molecular flexibility index (Phi) is 6.27. The largest absolute Gasteiger partial charge is 0.341 e. The summed E-state index contributed by atoms with van der Waals surface area (Å²) in [5.74, 6) is -0.367. The van der Waals surface area contributed by atoms with Crippen molar-refractivity contribution in [2.45, 2.75) is 30.5 Å². The first-order valence-corrected chi connectivity index (χ1v) is 12.5. The third-order valence-electron chi connectivity index (χ3n) is 5.50. The summed E-state index contributed by atoms with van der Waals surface area (Å²) >= 11 is 1.27. The molecule has 2 aromatic heterocycles. The lowest BCUT2D eigenvalue weighted by molar-refractivity contribution is -0.135. The molecule has 3 aromatic rings. The first kappa shape index (κ1) is 21.7. The smallest absolute Gasteiger partial charge is 0.252 e. The van der Waals surface area contributed by atoms with Crippen LogP contribution in [0.4, 0.5) is 0 Å². The van der Waals surface area contributed by atoms with Gasteiger partial charge in [0.05, 0.1) is 17.8 Å². The van der Waals surface area contributed by atoms with Crippen molar-refractivity contribution in [1.29, 1.82) is 0 Å². The molecule has 1 saturated heterocycles. The average Bonchev–Trinajstić information content (AvgIpc) is 3.43. The van der Waals surface area contributed by atoms with Crippen molar-refractivity contribution in [3.63, 3.8) is 0 Å². The molecule has 1 atom stereocenters. The number of piperidine rings is 1. The number of carbonyl (C=O) groups is 1. The Morgan fingerprint density at radius 1 is 1.23 bits per heavy atom. The van der Waals surface area contributed by atoms with Gasteiger partial charge in [0.1, 0.15) is 4.21 Å². The molecular weight excluding hydrogens is 432 g/mol. The van der Waals surface area contributed by atoms with E-state index in [1.807, 2.05) is 49.5 Å². The zero-order valence-corrected chi connectivity index (χ0v) is 19.3. The highest BCUT2D eigenvalue weighted by Crippen LogP contribution is 2.29. The third-order valence-corrected chi connectivity index (χ3v) is 8.83. The van der Waals surface area contributed by atoms with Crippen molar-refractivity contribution in [2.24, 2.45) is 5.92 Å². The number of aryl methyl sites for hydroxylation is 1. The highest BCUT2D eigenvalue weighted by molar-refractivity contribution is 7.91. The Morgan fingerprint density at radius 2 is 2.00 bits per heavy atom. The maximum absolute atomic E-state index is 13.1. The monoisotopic (exact) mass is 458 g/mol. The molecule has 1 aliphatic heterocycles. The predicted molar refractivity (Wildman–Crippen MR) is 121 cm³/mol. The van der Waals surface area contributed by atoms with E-state index in [-0.39, 0.29) is 18.4 Å². The first-order chi connectivity index (χ1) is 14.8. The molecule has 0 spiro atoms. The standard InChI is InChI=1S/C22H26N4O3S2/c1-17-10-11-21(30-17)31(28,29)25-12-6-7-19(16-25)22(27)24(2)14-18-13-23-26(15-18)20-8-4-3-5-9-20/h3-5,8-11,13,15,19H,6-7,12,14,16H2,1-2H3. The van der Waals surface area contributed by atoms with Crippen molar-refractivity contribution in [3.8, 4) is 5.69 Å². The Bertz CT molecular complexity index is 1150. The maximum Gasteiger partial charge on any atom is 0.252 e. The zero-order valence-electron chi connectivity index (χ0n) is 17.6. The Hall–Kier alpha value is -2.49. The van der Waals surface area contributed by atoms with Gasteiger partial charge >= 0.3 is 0 Å². The minimum atomic E-state index is -3.55. The molecule has 164 valence electrons. The minimum absolute atomic E-state index is 0.0327. The SMILES string of the molecule is Cc1ccc(S(=O)(=O)N2CCCC(C(=O)N(C)Cc3cnn(-c4ccccc4)c3)C2)s1. The zero-order chi connectivity index (χ0) is 22.0. The van der Waals surface area contributed by atoms with Crippen LogP contribution < -0.4 is 0 Å². The van der Waals surface area contributed by atoms with E-state index in [0.29, 0.717) is 30.1 Å². The van der Waals surface area contributed by atoms with Crippen LogP contribution in [0, 0.1) is 12.8 Å². The van der Waals surface area contributed by atoms with Gasteiger partial charge in [-0.25, -0.2) is 13.1 Å². The van der Waals surface area contributed by atoms with Gasteiger partial charge in [-0.3, -0.25) is 4.79 Å². The molecular formula is C22H26N4O3S2. The molecule has 4 rings (SSSR count). The molecule has 0 N–H and O–H groups in total. The Morgan fingerprint density at radius 3 is 2.71 bits per heavy atom. The van der Waals surface area contributed by atoms with Gasteiger partial charge in [0, 0.05) is 43.3 Å². The van der Waals surface area contributed by atoms with E-state index in [9.17, 15) is 13.2 Å². The van der Waals surface area contributed by atoms with Crippen LogP contribution in [0.3, 0.4) is 0 Å². The lowest BCUT2D eigenvalue weighted by Crippen LogP contribution is -2.45. The summed E-state index contributed by atoms with van der Waals surface area (Å²) in [6, 6.07) is 13.3. The van der Waals surface area contributed by atoms with Crippen LogP contribution in [-0.2, 0) is 21.4 Å². The number of rotatable bonds is 6. The van der Waals surface area contributed by atoms with Crippen molar-refractivity contribution in [2.75, 3.05) is 20.1 Å². The number of hydrogen-bond donors (Lipinski definition) is 0. The number of amides is 1. The summed E-state index contributed by atoms with van der Waals surface area (Å²) < 4.78 is 29.5. The lowest BCUT2D eigenvalue weighted by Gasteiger charge is -2.32. The molecule has 7 nitrogen and oxygen atoms in total. The van der Waals surface area contributed by atoms with Gasteiger partial charge < -0.3 is 4.90 Å². The molecule has 0 aliphatic carbocycles. The van der Waals surface area contributed by atoms with E-state index in [1.54, 1.807) is 28.9 Å². The maximum atomic E-state index is 13.1. The van der Waals surface area contributed by atoms with Crippen molar-refractivity contribution < 1.29 is 13.2 Å². The second kappa shape index (κ2) is 8.94. The van der Waals surface area contributed by atoms with Crippen LogP contribution in [0.5, 0.6) is 0 Å². The van der Waals surface area contributed by atoms with Gasteiger partial charge in [0.15, 0.2) is 0 Å². The number of nitrogens with zero attached hydrogens (tertiary/aromatic N) is 4. The summed E-state index contributed by atoms with van der Waals surface area (Å²) in [6.45, 7) is 3.00. The first-order valence-electron chi connectivity index (χ1n) is 10.2. The van der Waals surface area contributed by atoms with E-state index < -0.39 is 10.0 Å². The van der Waals surface area contributed by atoms with E-state index in [1.165, 1.54) is 15.6 Å². The second-order valence-corrected chi connectivity index (χ2v) is 11.3. The fourth-order valence-corrected chi connectivity index (χ4v) is 6.83. The molecule has 1 amide bonds. The molecule has 1 aromatic carbocycles. The normalized spacial score (nSPS) is 17.5. The van der Waals surface area contributed by atoms with E-state index in [2.05, 4.69) is 5.10 Å². The lowest BCUT2D eigenvalue weighted by atomic mass is 9.98. The molecule has 1 unspecified atom stereocenters. The summed E-state index contributed by atoms with van der Waals surface area (Å²) in [7, 11) is -1.79. The number of hydrogen-bond acceptors (Lipinski definition) is 5. The van der Waals surface area contributed by atoms with Crippen molar-refractivity contribution >= 4 is 27.3 Å². The van der Waals surface area contributed by atoms with Gasteiger partial charge in [0.2, 0.25) is 5.91 Å². The van der Waals surface area contributed by atoms with Gasteiger partial charge in [-0.15, -0.1) is 11.3 Å². The van der Waals surface area contributed by atoms with Gasteiger partial charge in [-0.1, -0.05) is 18.2 Å².